The van der Waals surface area contributed by atoms with E-state index in [1.54, 1.807) is 24.3 Å². The van der Waals surface area contributed by atoms with E-state index >= 15 is 0 Å². The molecule has 0 saturated heterocycles. The lowest BCUT2D eigenvalue weighted by Gasteiger charge is -2.23. The normalized spacial score (nSPS) is 13.0. The van der Waals surface area contributed by atoms with E-state index in [4.69, 9.17) is 24.3 Å². The van der Waals surface area contributed by atoms with Crippen molar-refractivity contribution in [2.45, 2.75) is 45.0 Å². The highest BCUT2D eigenvalue weighted by Gasteiger charge is 2.38. The fourth-order valence-electron chi connectivity index (χ4n) is 6.55. The molecule has 3 heterocycles. The number of hydrogen-bond acceptors (Lipinski definition) is 7. The van der Waals surface area contributed by atoms with Gasteiger partial charge in [-0.05, 0) is 91.1 Å². The number of amides is 2. The van der Waals surface area contributed by atoms with Crippen molar-refractivity contribution in [1.29, 1.82) is 0 Å². The minimum atomic E-state index is -0.520. The van der Waals surface area contributed by atoms with Crippen molar-refractivity contribution in [2.24, 2.45) is 0 Å². The molecule has 2 amide bonds. The fraction of sp³-hybridized carbons (Fsp3) is 0.156. The van der Waals surface area contributed by atoms with E-state index in [1.165, 1.54) is 5.56 Å². The van der Waals surface area contributed by atoms with E-state index in [9.17, 15) is 9.59 Å². The maximum Gasteiger partial charge on any atom is 0.285 e. The zero-order valence-corrected chi connectivity index (χ0v) is 29.1. The third-order valence-electron chi connectivity index (χ3n) is 9.43. The SMILES string of the molecule is O=C1c2ccccc2C(=O)N1OC(CCCCc1ccc(OCc2ccc3ccccc3n2)cc1)c1ccc(OCc2ccc3ccccc3n2)cc1. The lowest BCUT2D eigenvalue weighted by atomic mass is 10.0. The minimum absolute atomic E-state index is 0.327. The molecule has 0 aliphatic carbocycles. The van der Waals surface area contributed by atoms with Gasteiger partial charge in [0.05, 0.1) is 33.5 Å². The average Bonchev–Trinajstić information content (AvgIpc) is 3.45. The Morgan fingerprint density at radius 2 is 1.04 bits per heavy atom. The van der Waals surface area contributed by atoms with E-state index in [1.807, 2.05) is 103 Å². The summed E-state index contributed by atoms with van der Waals surface area (Å²) in [5.41, 5.74) is 6.34. The minimum Gasteiger partial charge on any atom is -0.487 e. The lowest BCUT2D eigenvalue weighted by molar-refractivity contribution is -0.137. The van der Waals surface area contributed by atoms with Crippen LogP contribution in [0.25, 0.3) is 21.8 Å². The van der Waals surface area contributed by atoms with Crippen molar-refractivity contribution >= 4 is 33.6 Å². The van der Waals surface area contributed by atoms with Crippen LogP contribution in [0.1, 0.15) is 68.6 Å². The molecule has 0 fully saturated rings. The maximum atomic E-state index is 13.2. The summed E-state index contributed by atoms with van der Waals surface area (Å²) in [6, 6.07) is 46.7. The highest BCUT2D eigenvalue weighted by atomic mass is 16.7. The van der Waals surface area contributed by atoms with Crippen LogP contribution in [-0.2, 0) is 24.5 Å². The predicted molar refractivity (Wildman–Crippen MR) is 203 cm³/mol. The van der Waals surface area contributed by atoms with Gasteiger partial charge in [0, 0.05) is 10.8 Å². The fourth-order valence-corrected chi connectivity index (χ4v) is 6.55. The number of rotatable bonds is 14. The number of fused-ring (bicyclic) bond motifs is 3. The molecule has 8 rings (SSSR count). The van der Waals surface area contributed by atoms with Gasteiger partial charge < -0.3 is 9.47 Å². The van der Waals surface area contributed by atoms with Crippen LogP contribution in [-0.4, -0.2) is 26.8 Å². The van der Waals surface area contributed by atoms with Crippen LogP contribution in [0, 0.1) is 0 Å². The second-order valence-electron chi connectivity index (χ2n) is 13.1. The molecular weight excluding hydrogens is 663 g/mol. The van der Waals surface area contributed by atoms with Crippen LogP contribution in [0.15, 0.2) is 146 Å². The molecule has 0 spiro atoms. The molecule has 1 atom stereocenters. The van der Waals surface area contributed by atoms with Crippen LogP contribution in [0.4, 0.5) is 0 Å². The first-order valence-electron chi connectivity index (χ1n) is 17.9. The highest BCUT2D eigenvalue weighted by Crippen LogP contribution is 2.32. The number of para-hydroxylation sites is 2. The smallest absolute Gasteiger partial charge is 0.285 e. The summed E-state index contributed by atoms with van der Waals surface area (Å²) in [7, 11) is 0. The number of imide groups is 1. The molecule has 5 aromatic carbocycles. The van der Waals surface area contributed by atoms with Gasteiger partial charge in [0.2, 0.25) is 0 Å². The third-order valence-corrected chi connectivity index (χ3v) is 9.43. The molecule has 0 radical (unpaired) electrons. The Kier molecular flexibility index (Phi) is 9.85. The van der Waals surface area contributed by atoms with Crippen LogP contribution in [0.5, 0.6) is 11.5 Å². The van der Waals surface area contributed by atoms with Crippen molar-refractivity contribution in [3.63, 3.8) is 0 Å². The molecule has 0 saturated carbocycles. The average molecular weight is 700 g/mol. The number of aryl methyl sites for hydroxylation is 1. The Morgan fingerprint density at radius 1 is 0.528 bits per heavy atom. The van der Waals surface area contributed by atoms with Crippen LogP contribution in [0.2, 0.25) is 0 Å². The van der Waals surface area contributed by atoms with E-state index in [2.05, 4.69) is 18.2 Å². The third kappa shape index (κ3) is 7.78. The quantitative estimate of drug-likeness (QED) is 0.0825. The number of hydrogen-bond donors (Lipinski definition) is 0. The zero-order valence-electron chi connectivity index (χ0n) is 29.1. The van der Waals surface area contributed by atoms with Crippen molar-refractivity contribution < 1.29 is 23.9 Å². The van der Waals surface area contributed by atoms with Gasteiger partial charge >= 0.3 is 0 Å². The first-order chi connectivity index (χ1) is 26.1. The lowest BCUT2D eigenvalue weighted by Crippen LogP contribution is -2.31. The van der Waals surface area contributed by atoms with Gasteiger partial charge in [-0.3, -0.25) is 14.4 Å². The largest absolute Gasteiger partial charge is 0.487 e. The Labute approximate surface area is 307 Å². The monoisotopic (exact) mass is 699 g/mol. The molecule has 0 bridgehead atoms. The van der Waals surface area contributed by atoms with Gasteiger partial charge in [-0.15, -0.1) is 5.06 Å². The Bertz CT molecular complexity index is 2360. The molecule has 8 nitrogen and oxygen atoms in total. The van der Waals surface area contributed by atoms with Gasteiger partial charge in [-0.1, -0.05) is 91.3 Å². The summed E-state index contributed by atoms with van der Waals surface area (Å²) in [5, 5.41) is 3.10. The second kappa shape index (κ2) is 15.5. The number of hydroxylamine groups is 2. The van der Waals surface area contributed by atoms with Crippen LogP contribution in [0.3, 0.4) is 0 Å². The van der Waals surface area contributed by atoms with Crippen molar-refractivity contribution in [1.82, 2.24) is 15.0 Å². The van der Waals surface area contributed by atoms with E-state index in [-0.39, 0.29) is 0 Å². The summed E-state index contributed by atoms with van der Waals surface area (Å²) in [5.74, 6) is 0.581. The van der Waals surface area contributed by atoms with E-state index in [0.717, 1.165) is 68.8 Å². The molecule has 7 aromatic rings. The summed E-state index contributed by atoms with van der Waals surface area (Å²) >= 11 is 0. The molecule has 262 valence electrons. The number of unbranched alkanes of at least 4 members (excludes halogenated alkanes) is 1. The molecule has 1 aliphatic heterocycles. The van der Waals surface area contributed by atoms with Crippen molar-refractivity contribution in [3.8, 4) is 11.5 Å². The topological polar surface area (TPSA) is 90.9 Å². The van der Waals surface area contributed by atoms with Crippen LogP contribution < -0.4 is 9.47 Å². The zero-order chi connectivity index (χ0) is 36.0. The van der Waals surface area contributed by atoms with Gasteiger partial charge in [0.25, 0.3) is 11.8 Å². The number of nitrogens with zero attached hydrogens (tertiary/aromatic N) is 3. The van der Waals surface area contributed by atoms with Gasteiger partial charge in [0.15, 0.2) is 0 Å². The maximum absolute atomic E-state index is 13.2. The summed E-state index contributed by atoms with van der Waals surface area (Å²) in [6.07, 6.45) is 2.65. The van der Waals surface area contributed by atoms with Gasteiger partial charge in [0.1, 0.15) is 30.8 Å². The Morgan fingerprint density at radius 3 is 1.60 bits per heavy atom. The van der Waals surface area contributed by atoms with Gasteiger partial charge in [-0.25, -0.2) is 9.97 Å². The van der Waals surface area contributed by atoms with E-state index in [0.29, 0.717) is 36.5 Å². The molecule has 8 heteroatoms. The first-order valence-corrected chi connectivity index (χ1v) is 17.9. The highest BCUT2D eigenvalue weighted by molar-refractivity contribution is 6.20. The van der Waals surface area contributed by atoms with Crippen molar-refractivity contribution in [3.05, 3.63) is 179 Å². The van der Waals surface area contributed by atoms with Crippen LogP contribution >= 0.6 is 0 Å². The molecule has 2 aromatic heterocycles. The number of carbonyl (C=O) groups is 2. The van der Waals surface area contributed by atoms with Gasteiger partial charge in [-0.2, -0.15) is 0 Å². The molecular formula is C45H37N3O5. The number of ether oxygens (including phenoxy) is 2. The predicted octanol–water partition coefficient (Wildman–Crippen LogP) is 9.62. The second-order valence-corrected chi connectivity index (χ2v) is 13.1. The Hall–Kier alpha value is -6.38. The number of carbonyl (C=O) groups excluding carboxylic acids is 2. The van der Waals surface area contributed by atoms with E-state index < -0.39 is 17.9 Å². The number of benzene rings is 5. The van der Waals surface area contributed by atoms with Crippen molar-refractivity contribution in [2.75, 3.05) is 0 Å². The molecule has 1 aliphatic rings. The standard InChI is InChI=1S/C45H37N3O5/c49-44-39-12-4-5-13-40(39)45(50)48(44)53-43(34-21-27-38(28-22-34)52-30-36-24-20-33-11-3-7-15-42(33)47-36)16-8-1-9-31-17-25-37(26-18-31)51-29-35-23-19-32-10-2-6-14-41(32)46-35/h2-7,10-15,17-28,43H,1,8-9,16,29-30H2. The number of pyridine rings is 2. The molecule has 1 unspecified atom stereocenters. The first kappa shape index (κ1) is 33.7. The summed E-state index contributed by atoms with van der Waals surface area (Å²) in [6.45, 7) is 0.724. The molecule has 0 N–H and O–H groups in total. The summed E-state index contributed by atoms with van der Waals surface area (Å²) in [4.78, 5) is 42.0. The number of aromatic nitrogens is 2. The summed E-state index contributed by atoms with van der Waals surface area (Å²) < 4.78 is 12.1. The Balaban J connectivity index is 0.886. The molecule has 53 heavy (non-hydrogen) atoms.